The van der Waals surface area contributed by atoms with Crippen LogP contribution < -0.4 is 0 Å². The number of ketones is 1. The van der Waals surface area contributed by atoms with Crippen LogP contribution in [0.15, 0.2) is 36.7 Å². The van der Waals surface area contributed by atoms with E-state index in [0.717, 1.165) is 42.5 Å². The third-order valence-electron chi connectivity index (χ3n) is 9.73. The number of fused-ring (bicyclic) bond motifs is 6. The molecule has 6 atom stereocenters. The van der Waals surface area contributed by atoms with Crippen molar-refractivity contribution in [3.8, 4) is 0 Å². The summed E-state index contributed by atoms with van der Waals surface area (Å²) < 4.78 is 2.38. The molecule has 1 heterocycles. The smallest absolute Gasteiger partial charge is 0.133 e. The average molecular weight is 389 g/mol. The minimum Gasteiger partial charge on any atom is -0.302 e. The lowest BCUT2D eigenvalue weighted by Crippen LogP contribution is -2.53. The Kier molecular flexibility index (Phi) is 3.74. The molecule has 0 aliphatic heterocycles. The first kappa shape index (κ1) is 17.9. The maximum atomic E-state index is 12.1. The Morgan fingerprint density at radius 2 is 1.93 bits per heavy atom. The Balaban J connectivity index is 1.34. The molecule has 3 heteroatoms. The van der Waals surface area contributed by atoms with Crippen LogP contribution in [0.1, 0.15) is 65.2 Å². The van der Waals surface area contributed by atoms with Crippen LogP contribution in [-0.2, 0) is 4.79 Å². The number of imidazole rings is 1. The first-order valence-electron chi connectivity index (χ1n) is 11.7. The topological polar surface area (TPSA) is 34.9 Å². The van der Waals surface area contributed by atoms with Crippen LogP contribution in [0.2, 0.25) is 0 Å². The van der Waals surface area contributed by atoms with Gasteiger partial charge in [-0.25, -0.2) is 4.98 Å². The zero-order chi connectivity index (χ0) is 19.8. The van der Waals surface area contributed by atoms with Crippen molar-refractivity contribution in [2.75, 3.05) is 0 Å². The second kappa shape index (κ2) is 6.06. The molecule has 0 bridgehead atoms. The standard InChI is InChI=1S/C26H32N2O/c1-25-13-11-18(29)15-17(25)7-8-19-20-9-10-24(26(20,2)14-12-21(19)25)28-16-27-22-5-3-4-6-23(22)28/h3-6,10,16-17,19-21H,7-9,11-15H2,1-2H3/t17-,19-,20-,21-,25-,26-/m0/s1. The zero-order valence-corrected chi connectivity index (χ0v) is 17.7. The van der Waals surface area contributed by atoms with Gasteiger partial charge in [0.2, 0.25) is 0 Å². The lowest BCUT2D eigenvalue weighted by Gasteiger charge is -2.60. The molecule has 0 N–H and O–H groups in total. The second-order valence-corrected chi connectivity index (χ2v) is 10.8. The number of para-hydroxylation sites is 2. The van der Waals surface area contributed by atoms with Crippen molar-refractivity contribution >= 4 is 22.5 Å². The molecule has 3 saturated carbocycles. The minimum atomic E-state index is 0.248. The molecule has 0 saturated heterocycles. The molecule has 1 aromatic carbocycles. The van der Waals surface area contributed by atoms with Gasteiger partial charge in [-0.15, -0.1) is 0 Å². The minimum absolute atomic E-state index is 0.248. The number of Topliss-reactive ketones (excluding diaryl/α,β-unsaturated/α-hetero) is 1. The van der Waals surface area contributed by atoms with Gasteiger partial charge in [-0.3, -0.25) is 4.79 Å². The van der Waals surface area contributed by atoms with Gasteiger partial charge >= 0.3 is 0 Å². The summed E-state index contributed by atoms with van der Waals surface area (Å²) in [5.41, 5.74) is 4.46. The quantitative estimate of drug-likeness (QED) is 0.592. The van der Waals surface area contributed by atoms with E-state index in [4.69, 9.17) is 0 Å². The highest BCUT2D eigenvalue weighted by Crippen LogP contribution is 2.66. The summed E-state index contributed by atoms with van der Waals surface area (Å²) in [5, 5.41) is 0. The number of allylic oxidation sites excluding steroid dienone is 2. The molecular weight excluding hydrogens is 356 g/mol. The van der Waals surface area contributed by atoms with Gasteiger partial charge in [0.05, 0.1) is 11.0 Å². The van der Waals surface area contributed by atoms with Crippen molar-refractivity contribution in [2.24, 2.45) is 34.5 Å². The van der Waals surface area contributed by atoms with E-state index in [-0.39, 0.29) is 5.41 Å². The number of aromatic nitrogens is 2. The molecule has 0 unspecified atom stereocenters. The van der Waals surface area contributed by atoms with Crippen LogP contribution in [0, 0.1) is 34.5 Å². The van der Waals surface area contributed by atoms with Gasteiger partial charge in [0.15, 0.2) is 0 Å². The fraction of sp³-hybridized carbons (Fsp3) is 0.615. The van der Waals surface area contributed by atoms with E-state index < -0.39 is 0 Å². The number of rotatable bonds is 1. The van der Waals surface area contributed by atoms with Gasteiger partial charge in [0.25, 0.3) is 0 Å². The van der Waals surface area contributed by atoms with Crippen LogP contribution in [0.25, 0.3) is 16.7 Å². The third-order valence-corrected chi connectivity index (χ3v) is 9.73. The Hall–Kier alpha value is -1.90. The number of benzene rings is 1. The Morgan fingerprint density at radius 3 is 2.83 bits per heavy atom. The highest BCUT2D eigenvalue weighted by molar-refractivity contribution is 5.80. The highest BCUT2D eigenvalue weighted by atomic mass is 16.1. The molecule has 0 spiro atoms. The summed E-state index contributed by atoms with van der Waals surface area (Å²) in [4.78, 5) is 16.8. The number of hydrogen-bond acceptors (Lipinski definition) is 2. The number of carbonyl (C=O) groups is 1. The van der Waals surface area contributed by atoms with Gasteiger partial charge in [-0.05, 0) is 79.7 Å². The van der Waals surface area contributed by atoms with Gasteiger partial charge < -0.3 is 4.57 Å². The molecule has 0 radical (unpaired) electrons. The molecule has 1 aromatic heterocycles. The predicted molar refractivity (Wildman–Crippen MR) is 116 cm³/mol. The van der Waals surface area contributed by atoms with E-state index >= 15 is 0 Å². The normalized spacial score (nSPS) is 41.6. The van der Waals surface area contributed by atoms with Gasteiger partial charge in [0, 0.05) is 24.0 Å². The molecule has 152 valence electrons. The van der Waals surface area contributed by atoms with Crippen molar-refractivity contribution in [1.82, 2.24) is 9.55 Å². The third kappa shape index (κ3) is 2.36. The van der Waals surface area contributed by atoms with Crippen molar-refractivity contribution in [3.63, 3.8) is 0 Å². The maximum absolute atomic E-state index is 12.1. The largest absolute Gasteiger partial charge is 0.302 e. The van der Waals surface area contributed by atoms with Gasteiger partial charge in [0.1, 0.15) is 12.1 Å². The molecule has 3 nitrogen and oxygen atoms in total. The van der Waals surface area contributed by atoms with E-state index in [9.17, 15) is 4.79 Å². The lowest BCUT2D eigenvalue weighted by atomic mass is 9.45. The van der Waals surface area contributed by atoms with Crippen LogP contribution in [0.3, 0.4) is 0 Å². The summed E-state index contributed by atoms with van der Waals surface area (Å²) in [6.45, 7) is 5.07. The Labute approximate surface area is 173 Å². The number of nitrogens with zero attached hydrogens (tertiary/aromatic N) is 2. The molecule has 4 aliphatic carbocycles. The van der Waals surface area contributed by atoms with E-state index in [1.54, 1.807) is 0 Å². The van der Waals surface area contributed by atoms with Crippen LogP contribution in [0.5, 0.6) is 0 Å². The first-order chi connectivity index (χ1) is 14.0. The zero-order valence-electron chi connectivity index (χ0n) is 17.7. The average Bonchev–Trinajstić information content (AvgIpc) is 3.29. The second-order valence-electron chi connectivity index (χ2n) is 10.8. The van der Waals surface area contributed by atoms with E-state index in [0.29, 0.717) is 17.1 Å². The maximum Gasteiger partial charge on any atom is 0.133 e. The highest BCUT2D eigenvalue weighted by Gasteiger charge is 2.58. The fourth-order valence-corrected chi connectivity index (χ4v) is 8.11. The van der Waals surface area contributed by atoms with Crippen LogP contribution in [-0.4, -0.2) is 15.3 Å². The molecule has 4 aliphatic rings. The summed E-state index contributed by atoms with van der Waals surface area (Å²) in [6.07, 6.45) is 13.8. The number of hydrogen-bond donors (Lipinski definition) is 0. The van der Waals surface area contributed by atoms with E-state index in [1.165, 1.54) is 43.3 Å². The van der Waals surface area contributed by atoms with Crippen LogP contribution in [0.4, 0.5) is 0 Å². The Morgan fingerprint density at radius 1 is 1.07 bits per heavy atom. The van der Waals surface area contributed by atoms with E-state index in [2.05, 4.69) is 53.7 Å². The molecule has 3 fully saturated rings. The van der Waals surface area contributed by atoms with E-state index in [1.807, 2.05) is 6.33 Å². The van der Waals surface area contributed by atoms with Gasteiger partial charge in [-0.1, -0.05) is 32.1 Å². The Bertz CT molecular complexity index is 1020. The van der Waals surface area contributed by atoms with Gasteiger partial charge in [-0.2, -0.15) is 0 Å². The molecule has 6 rings (SSSR count). The fourth-order valence-electron chi connectivity index (χ4n) is 8.11. The summed E-state index contributed by atoms with van der Waals surface area (Å²) in [7, 11) is 0. The molecule has 29 heavy (non-hydrogen) atoms. The van der Waals surface area contributed by atoms with Crippen molar-refractivity contribution in [3.05, 3.63) is 36.7 Å². The SMILES string of the molecule is C[C@]12CCC(=O)C[C@@H]1CC[C@@H]1[C@@H]2CC[C@]2(C)C(n3cnc4ccccc43)=CC[C@@H]12. The predicted octanol–water partition coefficient (Wildman–Crippen LogP) is 6.10. The van der Waals surface area contributed by atoms with Crippen molar-refractivity contribution < 1.29 is 4.79 Å². The molecule has 0 amide bonds. The lowest BCUT2D eigenvalue weighted by molar-refractivity contribution is -0.136. The van der Waals surface area contributed by atoms with Crippen LogP contribution >= 0.6 is 0 Å². The summed E-state index contributed by atoms with van der Waals surface area (Å²) in [6, 6.07) is 8.52. The first-order valence-corrected chi connectivity index (χ1v) is 11.7. The molecular formula is C26H32N2O. The summed E-state index contributed by atoms with van der Waals surface area (Å²) in [5.74, 6) is 3.52. The monoisotopic (exact) mass is 388 g/mol. The molecule has 2 aromatic rings. The van der Waals surface area contributed by atoms with Crippen molar-refractivity contribution in [1.29, 1.82) is 0 Å². The van der Waals surface area contributed by atoms with Crippen molar-refractivity contribution in [2.45, 2.75) is 65.2 Å². The number of carbonyl (C=O) groups excluding carboxylic acids is 1. The summed E-state index contributed by atoms with van der Waals surface area (Å²) >= 11 is 0.